The maximum atomic E-state index is 14.5. The normalized spacial score (nSPS) is 17.4. The monoisotopic (exact) mass is 1690 g/mol. The number of carbonyl (C=O) groups is 4. The van der Waals surface area contributed by atoms with Crippen LogP contribution in [0, 0.1) is 11.6 Å². The number of amides is 4. The van der Waals surface area contributed by atoms with Crippen molar-refractivity contribution in [1.29, 1.82) is 0 Å². The maximum absolute atomic E-state index is 14.5. The van der Waals surface area contributed by atoms with Crippen molar-refractivity contribution >= 4 is 171 Å². The summed E-state index contributed by atoms with van der Waals surface area (Å²) in [4.78, 5) is 61.8. The van der Waals surface area contributed by atoms with E-state index in [4.69, 9.17) is 55.9 Å². The minimum atomic E-state index is -4.75. The number of nitrogens with zero attached hydrogens (tertiary/aromatic N) is 6. The Kier molecular flexibility index (Phi) is 35.9. The van der Waals surface area contributed by atoms with Gasteiger partial charge in [-0.25, -0.2) is 18.4 Å². The Bertz CT molecular complexity index is 3720. The van der Waals surface area contributed by atoms with Crippen LogP contribution in [0.25, 0.3) is 0 Å². The molecule has 0 bridgehead atoms. The Hall–Kier alpha value is -4.40. The second-order valence-electron chi connectivity index (χ2n) is 25.3. The van der Waals surface area contributed by atoms with Gasteiger partial charge in [0, 0.05) is 74.4 Å². The molecule has 0 radical (unpaired) electrons. The fraction of sp³-hybridized carbons (Fsp3) is 0.429. The molecule has 6 aromatic carbocycles. The van der Waals surface area contributed by atoms with Crippen molar-refractivity contribution in [1.82, 2.24) is 29.4 Å². The fourth-order valence-corrected chi connectivity index (χ4v) is 18.3. The van der Waals surface area contributed by atoms with Crippen LogP contribution in [-0.2, 0) is 63.3 Å². The first kappa shape index (κ1) is 93.8. The first-order chi connectivity index (χ1) is 46.3. The number of piperidine rings is 2. The van der Waals surface area contributed by atoms with E-state index in [1.165, 1.54) is 98.7 Å². The third-order valence-electron chi connectivity index (χ3n) is 19.3. The molecule has 4 amide bonds. The number of halogens is 14. The van der Waals surface area contributed by atoms with Crippen molar-refractivity contribution in [3.05, 3.63) is 199 Å². The zero-order valence-corrected chi connectivity index (χ0v) is 67.3. The van der Waals surface area contributed by atoms with Crippen LogP contribution in [0.15, 0.2) is 133 Å². The summed E-state index contributed by atoms with van der Waals surface area (Å²) < 4.78 is 145. The van der Waals surface area contributed by atoms with Gasteiger partial charge >= 0.3 is 24.5 Å². The predicted molar refractivity (Wildman–Crippen MR) is 419 cm³/mol. The van der Waals surface area contributed by atoms with E-state index in [1.807, 2.05) is 36.4 Å². The first-order valence-corrected chi connectivity index (χ1v) is 35.8. The second kappa shape index (κ2) is 39.8. The van der Waals surface area contributed by atoms with Gasteiger partial charge in [-0.2, -0.15) is 80.3 Å². The number of hydrogen-bond acceptors (Lipinski definition) is 10. The van der Waals surface area contributed by atoms with Gasteiger partial charge in [-0.1, -0.05) is 131 Å². The zero-order chi connectivity index (χ0) is 71.1. The van der Waals surface area contributed by atoms with Gasteiger partial charge < -0.3 is 29.1 Å². The lowest BCUT2D eigenvalue weighted by molar-refractivity contribution is -0.163. The summed E-state index contributed by atoms with van der Waals surface area (Å²) in [5.74, 6) is -3.55. The van der Waals surface area contributed by atoms with Crippen molar-refractivity contribution in [3.63, 3.8) is 0 Å². The maximum Gasteiger partial charge on any atom is 0.415 e. The lowest BCUT2D eigenvalue weighted by Gasteiger charge is -2.45. The van der Waals surface area contributed by atoms with Crippen LogP contribution >= 0.6 is 125 Å². The van der Waals surface area contributed by atoms with E-state index in [2.05, 4.69) is 21.9 Å². The number of rotatable bonds is 20. The van der Waals surface area contributed by atoms with Crippen molar-refractivity contribution in [2.24, 2.45) is 0 Å². The Morgan fingerprint density at radius 2 is 0.798 bits per heavy atom. The Balaban J connectivity index is 0.000000511. The van der Waals surface area contributed by atoms with Crippen molar-refractivity contribution in [3.8, 4) is 11.5 Å². The first-order valence-electron chi connectivity index (χ1n) is 31.6. The van der Waals surface area contributed by atoms with Gasteiger partial charge in [0.25, 0.3) is 0 Å². The molecule has 0 saturated carbocycles. The number of ether oxygens (including phenoxy) is 2. The third kappa shape index (κ3) is 22.0. The number of benzene rings is 6. The molecule has 10 rings (SSSR count). The number of alkyl halides is 6. The summed E-state index contributed by atoms with van der Waals surface area (Å²) in [7, 11) is 3.20. The SMILES string of the molecule is CN(C[C@](CCCN1CCC2(CC1)c1ccccc1CS2=O)(c1ccc(Cl)c(Cl)c1)N(C)C(=O)Oc1ccccc1F)C(=O)CC(F)(F)F.CN(C[C@](CCCN1CCC2(CC1)c1ccccc1CS2=O)(c1ccc(Cl)c(Cl)c1)N(C)C(=O)Oc1ccccc1F)C(=O)CC(F)(F)F.Cl.Cl.S.S.S.S. The minimum absolute atomic E-state index is 0. The highest BCUT2D eigenvalue weighted by molar-refractivity contribution is 7.85. The predicted octanol–water partition coefficient (Wildman–Crippen LogP) is 17.1. The Morgan fingerprint density at radius 3 is 1.12 bits per heavy atom. The number of para-hydroxylation sites is 2. The molecule has 2 saturated heterocycles. The average Bonchev–Trinajstić information content (AvgIpc) is 1.57. The molecule has 6 aromatic rings. The molecule has 4 atom stereocenters. The average molecular weight is 1690 g/mol. The number of likely N-dealkylation sites (tertiary alicyclic amines) is 2. The van der Waals surface area contributed by atoms with Gasteiger partial charge in [0.1, 0.15) is 12.8 Å². The molecule has 0 N–H and O–H groups in total. The van der Waals surface area contributed by atoms with E-state index >= 15 is 0 Å². The number of fused-ring (bicyclic) bond motifs is 4. The third-order valence-corrected chi connectivity index (χ3v) is 24.9. The van der Waals surface area contributed by atoms with Gasteiger partial charge in [0.15, 0.2) is 23.1 Å². The van der Waals surface area contributed by atoms with Crippen LogP contribution in [0.5, 0.6) is 11.5 Å². The van der Waals surface area contributed by atoms with Gasteiger partial charge in [-0.3, -0.25) is 27.8 Å². The van der Waals surface area contributed by atoms with Crippen molar-refractivity contribution in [2.75, 3.05) is 80.5 Å². The van der Waals surface area contributed by atoms with Crippen LogP contribution in [0.3, 0.4) is 0 Å². The Morgan fingerprint density at radius 1 is 0.481 bits per heavy atom. The smallest absolute Gasteiger partial charge is 0.407 e. The molecular formula is C70H84Cl6F8N6O8S6. The molecular weight excluding hydrogens is 1610 g/mol. The molecule has 34 heteroatoms. The molecule has 104 heavy (non-hydrogen) atoms. The van der Waals surface area contributed by atoms with E-state index in [0.29, 0.717) is 100 Å². The zero-order valence-electron chi connectivity index (χ0n) is 57.0. The standard InChI is InChI=1S/2C35H37Cl2F4N3O4S.2ClH.4H2S/c2*1-42(31(45)21-35(39,40)41)23-33(25-12-13-27(36)28(37)20-25,43(2)32(46)48-30-11-6-5-10-29(30)38)14-7-17-44-18-15-34(16-19-44)26-9-4-3-8-24(26)22-49(34)47;;;;;;/h2*3-6,8-13,20H,7,14-19,21-23H2,1-2H3;2*1H;4*1H2/t2*33-,49?;;;;;;/m11....../s1. The highest BCUT2D eigenvalue weighted by Crippen LogP contribution is 2.49. The molecule has 4 aliphatic heterocycles. The summed E-state index contributed by atoms with van der Waals surface area (Å²) in [5.41, 5.74) is 2.38. The second-order valence-corrected chi connectivity index (χ2v) is 30.4. The molecule has 2 unspecified atom stereocenters. The van der Waals surface area contributed by atoms with Crippen LogP contribution in [0.1, 0.15) is 97.6 Å². The highest BCUT2D eigenvalue weighted by Gasteiger charge is 2.50. The molecule has 4 aliphatic rings. The van der Waals surface area contributed by atoms with E-state index in [-0.39, 0.29) is 136 Å². The summed E-state index contributed by atoms with van der Waals surface area (Å²) in [6.45, 7) is 3.07. The van der Waals surface area contributed by atoms with Crippen LogP contribution < -0.4 is 9.47 Å². The minimum Gasteiger partial charge on any atom is -0.407 e. The Labute approximate surface area is 666 Å². The summed E-state index contributed by atoms with van der Waals surface area (Å²) in [5, 5.41) is 0.695. The molecule has 2 fully saturated rings. The quantitative estimate of drug-likeness (QED) is 0.0679. The van der Waals surface area contributed by atoms with Gasteiger partial charge in [-0.15, -0.1) is 24.8 Å². The fourth-order valence-electron chi connectivity index (χ4n) is 13.9. The van der Waals surface area contributed by atoms with Gasteiger partial charge in [0.05, 0.1) is 40.7 Å². The van der Waals surface area contributed by atoms with E-state index in [1.54, 1.807) is 12.1 Å². The topological polar surface area (TPSA) is 140 Å². The molecule has 2 spiro atoms. The molecule has 4 heterocycles. The number of likely N-dealkylation sites (N-methyl/N-ethyl adjacent to an activating group) is 4. The lowest BCUT2D eigenvalue weighted by Crippen LogP contribution is -2.55. The number of hydrogen-bond donors (Lipinski definition) is 0. The van der Waals surface area contributed by atoms with E-state index < -0.39 is 103 Å². The van der Waals surface area contributed by atoms with Crippen molar-refractivity contribution in [2.45, 2.75) is 109 Å². The summed E-state index contributed by atoms with van der Waals surface area (Å²) in [6, 6.07) is 35.9. The molecule has 0 aliphatic carbocycles. The molecule has 14 nitrogen and oxygen atoms in total. The largest absolute Gasteiger partial charge is 0.415 e. The van der Waals surface area contributed by atoms with Gasteiger partial charge in [0.2, 0.25) is 11.8 Å². The molecule has 0 aromatic heterocycles. The van der Waals surface area contributed by atoms with Gasteiger partial charge in [-0.05, 0) is 173 Å². The van der Waals surface area contributed by atoms with E-state index in [0.717, 1.165) is 44.2 Å². The highest BCUT2D eigenvalue weighted by atomic mass is 35.5. The van der Waals surface area contributed by atoms with E-state index in [9.17, 15) is 62.7 Å². The summed E-state index contributed by atoms with van der Waals surface area (Å²) >= 11 is 25.3. The van der Waals surface area contributed by atoms with Crippen LogP contribution in [0.2, 0.25) is 20.1 Å². The summed E-state index contributed by atoms with van der Waals surface area (Å²) in [6.07, 6.45) is -10.8. The number of carbonyl (C=O) groups excluding carboxylic acids is 4. The van der Waals surface area contributed by atoms with Crippen molar-refractivity contribution < 1.29 is 72.2 Å². The van der Waals surface area contributed by atoms with Crippen LogP contribution in [0.4, 0.5) is 44.7 Å². The lowest BCUT2D eigenvalue weighted by atomic mass is 9.82. The van der Waals surface area contributed by atoms with Crippen LogP contribution in [-0.4, -0.2) is 155 Å². The molecule has 576 valence electrons.